The Bertz CT molecular complexity index is 1080. The Morgan fingerprint density at radius 3 is 2.58 bits per heavy atom. The Kier molecular flexibility index (Phi) is 5.17. The summed E-state index contributed by atoms with van der Waals surface area (Å²) in [6.45, 7) is 3.60. The Morgan fingerprint density at radius 2 is 1.92 bits per heavy atom. The van der Waals surface area contributed by atoms with Crippen LogP contribution in [-0.2, 0) is 14.8 Å². The van der Waals surface area contributed by atoms with Crippen LogP contribution in [0.4, 0.5) is 10.8 Å². The van der Waals surface area contributed by atoms with Crippen LogP contribution in [-0.4, -0.2) is 19.3 Å². The molecule has 1 amide bonds. The summed E-state index contributed by atoms with van der Waals surface area (Å²) >= 11 is 7.10. The quantitative estimate of drug-likeness (QED) is 0.653. The number of sulfonamides is 1. The van der Waals surface area contributed by atoms with E-state index < -0.39 is 10.0 Å². The molecule has 1 aromatic heterocycles. The fourth-order valence-electron chi connectivity index (χ4n) is 2.34. The SMILES string of the molecule is CCC(=O)Nc1nc2c(C)cc(NS(=O)(=O)c3ccc(Cl)cc3)cc2s1. The molecule has 9 heteroatoms. The van der Waals surface area contributed by atoms with E-state index in [1.165, 1.54) is 35.6 Å². The van der Waals surface area contributed by atoms with Crippen molar-refractivity contribution in [2.45, 2.75) is 25.2 Å². The van der Waals surface area contributed by atoms with E-state index in [-0.39, 0.29) is 10.8 Å². The number of amides is 1. The summed E-state index contributed by atoms with van der Waals surface area (Å²) in [6, 6.07) is 9.35. The first-order valence-corrected chi connectivity index (χ1v) is 10.5. The van der Waals surface area contributed by atoms with E-state index in [4.69, 9.17) is 11.6 Å². The summed E-state index contributed by atoms with van der Waals surface area (Å²) < 4.78 is 28.4. The van der Waals surface area contributed by atoms with Crippen LogP contribution >= 0.6 is 22.9 Å². The first-order chi connectivity index (χ1) is 12.3. The lowest BCUT2D eigenvalue weighted by atomic mass is 10.2. The van der Waals surface area contributed by atoms with Gasteiger partial charge in [-0.1, -0.05) is 29.9 Å². The van der Waals surface area contributed by atoms with E-state index in [9.17, 15) is 13.2 Å². The average molecular weight is 410 g/mol. The number of halogens is 1. The molecule has 2 N–H and O–H groups in total. The van der Waals surface area contributed by atoms with Gasteiger partial charge >= 0.3 is 0 Å². The monoisotopic (exact) mass is 409 g/mol. The van der Waals surface area contributed by atoms with E-state index in [0.717, 1.165) is 15.8 Å². The molecule has 2 aromatic carbocycles. The van der Waals surface area contributed by atoms with Gasteiger partial charge in [0.25, 0.3) is 10.0 Å². The highest BCUT2D eigenvalue weighted by Gasteiger charge is 2.16. The standard InChI is InChI=1S/C17H16ClN3O3S2/c1-3-15(22)19-17-20-16-10(2)8-12(9-14(16)25-17)21-26(23,24)13-6-4-11(18)5-7-13/h4-9,21H,3H2,1-2H3,(H,19,20,22). The van der Waals surface area contributed by atoms with Gasteiger partial charge in [-0.15, -0.1) is 0 Å². The lowest BCUT2D eigenvalue weighted by molar-refractivity contribution is -0.115. The van der Waals surface area contributed by atoms with Crippen molar-refractivity contribution >= 4 is 59.9 Å². The molecule has 0 saturated carbocycles. The normalized spacial score (nSPS) is 11.5. The van der Waals surface area contributed by atoms with Crippen LogP contribution in [0.2, 0.25) is 5.02 Å². The molecule has 3 aromatic rings. The summed E-state index contributed by atoms with van der Waals surface area (Å²) in [4.78, 5) is 16.1. The molecule has 136 valence electrons. The van der Waals surface area contributed by atoms with Gasteiger partial charge in [0, 0.05) is 11.4 Å². The van der Waals surface area contributed by atoms with E-state index in [1.54, 1.807) is 19.1 Å². The zero-order valence-corrected chi connectivity index (χ0v) is 16.4. The molecule has 0 bridgehead atoms. The minimum atomic E-state index is -3.73. The van der Waals surface area contributed by atoms with Crippen molar-refractivity contribution in [2.75, 3.05) is 10.0 Å². The van der Waals surface area contributed by atoms with Crippen LogP contribution in [0.25, 0.3) is 10.2 Å². The number of hydrogen-bond acceptors (Lipinski definition) is 5. The highest BCUT2D eigenvalue weighted by Crippen LogP contribution is 2.32. The molecular formula is C17H16ClN3O3S2. The zero-order valence-electron chi connectivity index (χ0n) is 14.0. The number of nitrogens with one attached hydrogen (secondary N) is 2. The maximum atomic E-state index is 12.5. The summed E-state index contributed by atoms with van der Waals surface area (Å²) in [5, 5.41) is 3.68. The molecule has 0 aliphatic rings. The molecule has 0 atom stereocenters. The third-order valence-corrected chi connectivity index (χ3v) is 6.20. The van der Waals surface area contributed by atoms with Gasteiger partial charge in [0.2, 0.25) is 5.91 Å². The van der Waals surface area contributed by atoms with Gasteiger partial charge in [0.1, 0.15) is 0 Å². The van der Waals surface area contributed by atoms with Crippen LogP contribution in [0.3, 0.4) is 0 Å². The number of fused-ring (bicyclic) bond motifs is 1. The third kappa shape index (κ3) is 3.98. The van der Waals surface area contributed by atoms with E-state index >= 15 is 0 Å². The number of aryl methyl sites for hydroxylation is 1. The summed E-state index contributed by atoms with van der Waals surface area (Å²) in [5.74, 6) is -0.120. The van der Waals surface area contributed by atoms with E-state index in [1.807, 2.05) is 6.92 Å². The highest BCUT2D eigenvalue weighted by molar-refractivity contribution is 7.92. The molecule has 26 heavy (non-hydrogen) atoms. The number of thiazole rings is 1. The fourth-order valence-corrected chi connectivity index (χ4v) is 4.51. The maximum absolute atomic E-state index is 12.5. The summed E-state index contributed by atoms with van der Waals surface area (Å²) in [7, 11) is -3.73. The van der Waals surface area contributed by atoms with E-state index in [2.05, 4.69) is 15.0 Å². The van der Waals surface area contributed by atoms with Gasteiger partial charge in [-0.25, -0.2) is 13.4 Å². The molecule has 0 aliphatic heterocycles. The minimum Gasteiger partial charge on any atom is -0.302 e. The number of anilines is 2. The first kappa shape index (κ1) is 18.6. The predicted octanol–water partition coefficient (Wildman–Crippen LogP) is 4.41. The molecular weight excluding hydrogens is 394 g/mol. The lowest BCUT2D eigenvalue weighted by Crippen LogP contribution is -2.12. The van der Waals surface area contributed by atoms with Crippen molar-refractivity contribution < 1.29 is 13.2 Å². The molecule has 0 spiro atoms. The van der Waals surface area contributed by atoms with Crippen molar-refractivity contribution in [3.63, 3.8) is 0 Å². The second-order valence-corrected chi connectivity index (χ2v) is 8.77. The number of carbonyl (C=O) groups is 1. The van der Waals surface area contributed by atoms with Crippen LogP contribution < -0.4 is 10.0 Å². The van der Waals surface area contributed by atoms with Crippen LogP contribution in [0.15, 0.2) is 41.3 Å². The zero-order chi connectivity index (χ0) is 18.9. The van der Waals surface area contributed by atoms with Crippen molar-refractivity contribution in [2.24, 2.45) is 0 Å². The van der Waals surface area contributed by atoms with Gasteiger partial charge in [-0.05, 0) is 48.9 Å². The lowest BCUT2D eigenvalue weighted by Gasteiger charge is -2.09. The molecule has 0 saturated heterocycles. The molecule has 0 aliphatic carbocycles. The van der Waals surface area contributed by atoms with Gasteiger partial charge in [-0.2, -0.15) is 0 Å². The fraction of sp³-hybridized carbons (Fsp3) is 0.176. The van der Waals surface area contributed by atoms with Crippen molar-refractivity contribution in [3.05, 3.63) is 47.0 Å². The Balaban J connectivity index is 1.93. The average Bonchev–Trinajstić information content (AvgIpc) is 2.97. The van der Waals surface area contributed by atoms with Crippen LogP contribution in [0.1, 0.15) is 18.9 Å². The Hall–Kier alpha value is -2.16. The Labute approximate surface area is 160 Å². The molecule has 0 radical (unpaired) electrons. The highest BCUT2D eigenvalue weighted by atomic mass is 35.5. The maximum Gasteiger partial charge on any atom is 0.261 e. The second-order valence-electron chi connectivity index (χ2n) is 5.62. The predicted molar refractivity (Wildman–Crippen MR) is 106 cm³/mol. The van der Waals surface area contributed by atoms with Crippen molar-refractivity contribution in [1.82, 2.24) is 4.98 Å². The number of hydrogen-bond donors (Lipinski definition) is 2. The molecule has 3 rings (SSSR count). The molecule has 1 heterocycles. The minimum absolute atomic E-state index is 0.120. The topological polar surface area (TPSA) is 88.2 Å². The van der Waals surface area contributed by atoms with Crippen LogP contribution in [0.5, 0.6) is 0 Å². The van der Waals surface area contributed by atoms with E-state index in [0.29, 0.717) is 22.3 Å². The number of aromatic nitrogens is 1. The number of nitrogens with zero attached hydrogens (tertiary/aromatic N) is 1. The molecule has 6 nitrogen and oxygen atoms in total. The van der Waals surface area contributed by atoms with Gasteiger partial charge in [0.05, 0.1) is 20.8 Å². The summed E-state index contributed by atoms with van der Waals surface area (Å²) in [5.41, 5.74) is 1.97. The number of benzene rings is 2. The Morgan fingerprint density at radius 1 is 1.23 bits per heavy atom. The smallest absolute Gasteiger partial charge is 0.261 e. The van der Waals surface area contributed by atoms with Crippen molar-refractivity contribution in [3.8, 4) is 0 Å². The second kappa shape index (κ2) is 7.22. The third-order valence-electron chi connectivity index (χ3n) is 3.63. The molecule has 0 unspecified atom stereocenters. The number of rotatable bonds is 5. The molecule has 0 fully saturated rings. The van der Waals surface area contributed by atoms with Gasteiger partial charge in [-0.3, -0.25) is 9.52 Å². The first-order valence-electron chi connectivity index (χ1n) is 7.78. The van der Waals surface area contributed by atoms with Gasteiger partial charge < -0.3 is 5.32 Å². The summed E-state index contributed by atoms with van der Waals surface area (Å²) in [6.07, 6.45) is 0.362. The van der Waals surface area contributed by atoms with Crippen molar-refractivity contribution in [1.29, 1.82) is 0 Å². The number of carbonyl (C=O) groups excluding carboxylic acids is 1. The largest absolute Gasteiger partial charge is 0.302 e. The van der Waals surface area contributed by atoms with Crippen LogP contribution in [0, 0.1) is 6.92 Å². The van der Waals surface area contributed by atoms with Gasteiger partial charge in [0.15, 0.2) is 5.13 Å².